The standard InChI is InChI=1S/C16H22F3N3O2.HI/c1-20-16(22-7-6-11(9-22)10-23-2)21-8-12-13(17)4-3-5-14(12)24-15(18)19;/h3-5,11,15H,6-10H2,1-2H3,(H,20,21);1H. The Kier molecular flexibility index (Phi) is 9.33. The van der Waals surface area contributed by atoms with Crippen LogP contribution in [0.15, 0.2) is 23.2 Å². The number of halogens is 4. The SMILES string of the molecule is CN=C(NCc1c(F)cccc1OC(F)F)N1CCC(COC)C1.I. The molecule has 1 heterocycles. The van der Waals surface area contributed by atoms with Crippen LogP contribution in [0.2, 0.25) is 0 Å². The summed E-state index contributed by atoms with van der Waals surface area (Å²) in [4.78, 5) is 6.22. The topological polar surface area (TPSA) is 46.1 Å². The van der Waals surface area contributed by atoms with Gasteiger partial charge in [0.15, 0.2) is 5.96 Å². The Morgan fingerprint density at radius 3 is 2.84 bits per heavy atom. The number of aliphatic imine (C=N–C) groups is 1. The Labute approximate surface area is 162 Å². The number of alkyl halides is 2. The molecule has 1 aliphatic heterocycles. The van der Waals surface area contributed by atoms with E-state index in [4.69, 9.17) is 4.74 Å². The van der Waals surface area contributed by atoms with E-state index in [9.17, 15) is 13.2 Å². The van der Waals surface area contributed by atoms with E-state index in [1.54, 1.807) is 14.2 Å². The molecule has 1 N–H and O–H groups in total. The maximum Gasteiger partial charge on any atom is 0.387 e. The molecule has 1 unspecified atom stereocenters. The molecule has 1 atom stereocenters. The van der Waals surface area contributed by atoms with Crippen LogP contribution in [0, 0.1) is 11.7 Å². The van der Waals surface area contributed by atoms with Crippen LogP contribution in [0.1, 0.15) is 12.0 Å². The van der Waals surface area contributed by atoms with Crippen molar-refractivity contribution >= 4 is 29.9 Å². The first-order valence-corrected chi connectivity index (χ1v) is 7.71. The Hall–Kier alpha value is -1.23. The summed E-state index contributed by atoms with van der Waals surface area (Å²) < 4.78 is 48.4. The lowest BCUT2D eigenvalue weighted by molar-refractivity contribution is -0.0506. The molecule has 0 bridgehead atoms. The van der Waals surface area contributed by atoms with E-state index in [1.165, 1.54) is 18.2 Å². The van der Waals surface area contributed by atoms with Gasteiger partial charge < -0.3 is 19.7 Å². The number of benzene rings is 1. The molecule has 9 heteroatoms. The van der Waals surface area contributed by atoms with Crippen molar-refractivity contribution in [3.8, 4) is 5.75 Å². The largest absolute Gasteiger partial charge is 0.434 e. The smallest absolute Gasteiger partial charge is 0.387 e. The second-order valence-electron chi connectivity index (χ2n) is 5.55. The minimum atomic E-state index is -3.00. The maximum absolute atomic E-state index is 14.0. The minimum absolute atomic E-state index is 0. The van der Waals surface area contributed by atoms with Gasteiger partial charge in [-0.05, 0) is 18.6 Å². The quantitative estimate of drug-likeness (QED) is 0.392. The number of methoxy groups -OCH3 is 1. The molecule has 0 amide bonds. The van der Waals surface area contributed by atoms with Gasteiger partial charge in [0.25, 0.3) is 0 Å². The first-order chi connectivity index (χ1) is 11.5. The number of nitrogens with zero attached hydrogens (tertiary/aromatic N) is 2. The van der Waals surface area contributed by atoms with Crippen LogP contribution in [0.25, 0.3) is 0 Å². The van der Waals surface area contributed by atoms with Crippen molar-refractivity contribution in [1.29, 1.82) is 0 Å². The Morgan fingerprint density at radius 1 is 1.44 bits per heavy atom. The van der Waals surface area contributed by atoms with E-state index in [0.717, 1.165) is 19.5 Å². The fraction of sp³-hybridized carbons (Fsp3) is 0.562. The zero-order chi connectivity index (χ0) is 17.5. The zero-order valence-electron chi connectivity index (χ0n) is 14.2. The highest BCUT2D eigenvalue weighted by Gasteiger charge is 2.25. The molecule has 0 aliphatic carbocycles. The van der Waals surface area contributed by atoms with E-state index in [2.05, 4.69) is 15.0 Å². The number of hydrogen-bond acceptors (Lipinski definition) is 3. The molecular weight excluding hydrogens is 450 g/mol. The zero-order valence-corrected chi connectivity index (χ0v) is 16.5. The van der Waals surface area contributed by atoms with E-state index in [1.807, 2.05) is 4.90 Å². The van der Waals surface area contributed by atoms with Crippen LogP contribution < -0.4 is 10.1 Å². The van der Waals surface area contributed by atoms with E-state index in [0.29, 0.717) is 18.5 Å². The van der Waals surface area contributed by atoms with Crippen molar-refractivity contribution < 1.29 is 22.6 Å². The fourth-order valence-electron chi connectivity index (χ4n) is 2.81. The van der Waals surface area contributed by atoms with Crippen LogP contribution in [0.3, 0.4) is 0 Å². The predicted octanol–water partition coefficient (Wildman–Crippen LogP) is 3.09. The molecule has 2 rings (SSSR count). The highest BCUT2D eigenvalue weighted by atomic mass is 127. The maximum atomic E-state index is 14.0. The molecule has 1 saturated heterocycles. The number of likely N-dealkylation sites (tertiary alicyclic amines) is 1. The van der Waals surface area contributed by atoms with Gasteiger partial charge in [-0.2, -0.15) is 8.78 Å². The van der Waals surface area contributed by atoms with Crippen LogP contribution in [0.5, 0.6) is 5.75 Å². The molecule has 1 aromatic carbocycles. The van der Waals surface area contributed by atoms with Gasteiger partial charge >= 0.3 is 6.61 Å². The van der Waals surface area contributed by atoms with E-state index < -0.39 is 12.4 Å². The highest BCUT2D eigenvalue weighted by molar-refractivity contribution is 14.0. The number of hydrogen-bond donors (Lipinski definition) is 1. The molecule has 5 nitrogen and oxygen atoms in total. The van der Waals surface area contributed by atoms with E-state index >= 15 is 0 Å². The Balaban J connectivity index is 0.00000312. The highest BCUT2D eigenvalue weighted by Crippen LogP contribution is 2.23. The van der Waals surface area contributed by atoms with Crippen molar-refractivity contribution in [3.63, 3.8) is 0 Å². The molecule has 0 aromatic heterocycles. The monoisotopic (exact) mass is 473 g/mol. The molecule has 0 radical (unpaired) electrons. The van der Waals surface area contributed by atoms with Crippen molar-refractivity contribution in [2.45, 2.75) is 19.6 Å². The number of nitrogens with one attached hydrogen (secondary N) is 1. The number of guanidine groups is 1. The third-order valence-corrected chi connectivity index (χ3v) is 3.91. The number of ether oxygens (including phenoxy) is 2. The van der Waals surface area contributed by atoms with Crippen molar-refractivity contribution in [3.05, 3.63) is 29.6 Å². The van der Waals surface area contributed by atoms with Gasteiger partial charge in [0.05, 0.1) is 6.61 Å². The molecule has 0 spiro atoms. The summed E-state index contributed by atoms with van der Waals surface area (Å²) in [6.45, 7) is -0.727. The number of rotatable bonds is 6. The Morgan fingerprint density at radius 2 is 2.20 bits per heavy atom. The van der Waals surface area contributed by atoms with Crippen LogP contribution in [-0.4, -0.2) is 51.3 Å². The second-order valence-corrected chi connectivity index (χ2v) is 5.55. The fourth-order valence-corrected chi connectivity index (χ4v) is 2.81. The van der Waals surface area contributed by atoms with Gasteiger partial charge in [0, 0.05) is 45.3 Å². The van der Waals surface area contributed by atoms with Crippen LogP contribution in [0.4, 0.5) is 13.2 Å². The summed E-state index contributed by atoms with van der Waals surface area (Å²) in [7, 11) is 3.29. The molecular formula is C16H23F3IN3O2. The lowest BCUT2D eigenvalue weighted by Gasteiger charge is -2.22. The molecule has 25 heavy (non-hydrogen) atoms. The molecule has 1 aromatic rings. The first kappa shape index (κ1) is 21.8. The van der Waals surface area contributed by atoms with Crippen molar-refractivity contribution in [2.75, 3.05) is 33.9 Å². The van der Waals surface area contributed by atoms with Gasteiger partial charge in [0.1, 0.15) is 11.6 Å². The van der Waals surface area contributed by atoms with Crippen LogP contribution >= 0.6 is 24.0 Å². The van der Waals surface area contributed by atoms with Gasteiger partial charge in [-0.25, -0.2) is 4.39 Å². The summed E-state index contributed by atoms with van der Waals surface area (Å²) in [5.74, 6) is 0.237. The normalized spacial score (nSPS) is 17.6. The molecule has 1 aliphatic rings. The molecule has 0 saturated carbocycles. The van der Waals surface area contributed by atoms with Gasteiger partial charge in [0.2, 0.25) is 0 Å². The molecule has 142 valence electrons. The van der Waals surface area contributed by atoms with Crippen molar-refractivity contribution in [1.82, 2.24) is 10.2 Å². The lowest BCUT2D eigenvalue weighted by Crippen LogP contribution is -2.40. The van der Waals surface area contributed by atoms with E-state index in [-0.39, 0.29) is 41.8 Å². The second kappa shape index (κ2) is 10.7. The Bertz CT molecular complexity index is 576. The minimum Gasteiger partial charge on any atom is -0.434 e. The van der Waals surface area contributed by atoms with Crippen molar-refractivity contribution in [2.24, 2.45) is 10.9 Å². The average Bonchev–Trinajstić information content (AvgIpc) is 2.98. The van der Waals surface area contributed by atoms with Crippen LogP contribution in [-0.2, 0) is 11.3 Å². The van der Waals surface area contributed by atoms with Gasteiger partial charge in [-0.15, -0.1) is 24.0 Å². The van der Waals surface area contributed by atoms with Gasteiger partial charge in [-0.1, -0.05) is 6.07 Å². The summed E-state index contributed by atoms with van der Waals surface area (Å²) >= 11 is 0. The first-order valence-electron chi connectivity index (χ1n) is 7.71. The average molecular weight is 473 g/mol. The third-order valence-electron chi connectivity index (χ3n) is 3.91. The lowest BCUT2D eigenvalue weighted by atomic mass is 10.1. The summed E-state index contributed by atoms with van der Waals surface area (Å²) in [6, 6.07) is 3.86. The summed E-state index contributed by atoms with van der Waals surface area (Å²) in [5.41, 5.74) is 0.0478. The molecule has 1 fully saturated rings. The third kappa shape index (κ3) is 6.21. The predicted molar refractivity (Wildman–Crippen MR) is 100 cm³/mol. The summed E-state index contributed by atoms with van der Waals surface area (Å²) in [6.07, 6.45) is 0.980. The summed E-state index contributed by atoms with van der Waals surface area (Å²) in [5, 5.41) is 3.01. The van der Waals surface area contributed by atoms with Gasteiger partial charge in [-0.3, -0.25) is 4.99 Å².